The van der Waals surface area contributed by atoms with Crippen LogP contribution in [0.3, 0.4) is 0 Å². The molecular weight excluding hydrogens is 450 g/mol. The van der Waals surface area contributed by atoms with Crippen LogP contribution in [-0.4, -0.2) is 62.3 Å². The van der Waals surface area contributed by atoms with Crippen molar-refractivity contribution in [2.24, 2.45) is 0 Å². The molecule has 0 aliphatic rings. The number of benzene rings is 1. The van der Waals surface area contributed by atoms with Crippen molar-refractivity contribution in [2.75, 3.05) is 27.2 Å². The lowest BCUT2D eigenvalue weighted by atomic mass is 10.1. The Bertz CT molecular complexity index is 1650. The zero-order chi connectivity index (χ0) is 24.5. The van der Waals surface area contributed by atoms with Gasteiger partial charge in [-0.1, -0.05) is 18.2 Å². The Morgan fingerprint density at radius 1 is 0.889 bits per heavy atom. The van der Waals surface area contributed by atoms with Crippen LogP contribution in [0.4, 0.5) is 0 Å². The van der Waals surface area contributed by atoms with Crippen LogP contribution in [0.25, 0.3) is 55.7 Å². The molecule has 0 fully saturated rings. The highest BCUT2D eigenvalue weighted by Crippen LogP contribution is 2.34. The molecule has 5 aromatic heterocycles. The molecule has 6 rings (SSSR count). The van der Waals surface area contributed by atoms with Crippen LogP contribution in [0.5, 0.6) is 5.75 Å². The molecule has 6 aromatic rings. The van der Waals surface area contributed by atoms with Gasteiger partial charge in [0.15, 0.2) is 5.65 Å². The number of ether oxygens (including phenoxy) is 1. The normalized spacial score (nSPS) is 11.5. The molecule has 0 bridgehead atoms. The quantitative estimate of drug-likeness (QED) is 0.331. The number of fused-ring (bicyclic) bond motifs is 2. The molecule has 8 nitrogen and oxygen atoms in total. The SMILES string of the molecule is CN(C)CCOc1cncc(-c2cnc3n[nH]c(-c4cc5c(-c6ccccn6)cccc5[nH]4)c3c2)c1. The van der Waals surface area contributed by atoms with E-state index in [1.54, 1.807) is 6.20 Å². The Balaban J connectivity index is 1.38. The summed E-state index contributed by atoms with van der Waals surface area (Å²) in [6.07, 6.45) is 7.19. The third-order valence-corrected chi connectivity index (χ3v) is 6.14. The van der Waals surface area contributed by atoms with E-state index in [2.05, 4.69) is 59.3 Å². The van der Waals surface area contributed by atoms with E-state index >= 15 is 0 Å². The van der Waals surface area contributed by atoms with Crippen molar-refractivity contribution in [3.63, 3.8) is 0 Å². The fourth-order valence-corrected chi connectivity index (χ4v) is 4.30. The highest BCUT2D eigenvalue weighted by molar-refractivity contribution is 6.00. The molecular formula is C28H25N7O. The monoisotopic (exact) mass is 475 g/mol. The van der Waals surface area contributed by atoms with Crippen LogP contribution in [0, 0.1) is 0 Å². The van der Waals surface area contributed by atoms with Gasteiger partial charge in [0.1, 0.15) is 12.4 Å². The van der Waals surface area contributed by atoms with Gasteiger partial charge in [0.2, 0.25) is 0 Å². The topological polar surface area (TPSA) is 95.6 Å². The summed E-state index contributed by atoms with van der Waals surface area (Å²) in [7, 11) is 4.04. The molecule has 0 aliphatic carbocycles. The number of pyridine rings is 3. The number of H-pyrrole nitrogens is 2. The Labute approximate surface area is 208 Å². The fraction of sp³-hybridized carbons (Fsp3) is 0.143. The number of nitrogens with zero attached hydrogens (tertiary/aromatic N) is 5. The number of hydrogen-bond acceptors (Lipinski definition) is 6. The summed E-state index contributed by atoms with van der Waals surface area (Å²) in [5, 5.41) is 9.65. The minimum absolute atomic E-state index is 0.599. The van der Waals surface area contributed by atoms with Gasteiger partial charge in [0.25, 0.3) is 0 Å². The van der Waals surface area contributed by atoms with Crippen molar-refractivity contribution in [1.82, 2.24) is 35.0 Å². The Morgan fingerprint density at radius 3 is 2.67 bits per heavy atom. The third-order valence-electron chi connectivity index (χ3n) is 6.14. The molecule has 2 N–H and O–H groups in total. The Kier molecular flexibility index (Phi) is 5.63. The summed E-state index contributed by atoms with van der Waals surface area (Å²) >= 11 is 0. The highest BCUT2D eigenvalue weighted by Gasteiger charge is 2.15. The van der Waals surface area contributed by atoms with Gasteiger partial charge in [-0.05, 0) is 50.5 Å². The van der Waals surface area contributed by atoms with Crippen molar-refractivity contribution in [2.45, 2.75) is 0 Å². The van der Waals surface area contributed by atoms with Gasteiger partial charge in [-0.25, -0.2) is 4.98 Å². The summed E-state index contributed by atoms with van der Waals surface area (Å²) in [6, 6.07) is 18.4. The van der Waals surface area contributed by atoms with Crippen LogP contribution in [0.2, 0.25) is 0 Å². The van der Waals surface area contributed by atoms with E-state index in [9.17, 15) is 0 Å². The van der Waals surface area contributed by atoms with Gasteiger partial charge in [0.05, 0.1) is 23.3 Å². The van der Waals surface area contributed by atoms with Crippen LogP contribution >= 0.6 is 0 Å². The number of likely N-dealkylation sites (N-methyl/N-ethyl adjacent to an activating group) is 1. The van der Waals surface area contributed by atoms with E-state index in [0.717, 1.165) is 62.4 Å². The van der Waals surface area contributed by atoms with Crippen molar-refractivity contribution in [3.05, 3.63) is 79.4 Å². The predicted molar refractivity (Wildman–Crippen MR) is 142 cm³/mol. The lowest BCUT2D eigenvalue weighted by molar-refractivity contribution is 0.261. The Morgan fingerprint density at radius 2 is 1.81 bits per heavy atom. The first-order valence-corrected chi connectivity index (χ1v) is 11.8. The molecule has 0 saturated carbocycles. The summed E-state index contributed by atoms with van der Waals surface area (Å²) < 4.78 is 5.87. The lowest BCUT2D eigenvalue weighted by Gasteiger charge is -2.11. The lowest BCUT2D eigenvalue weighted by Crippen LogP contribution is -2.19. The van der Waals surface area contributed by atoms with E-state index in [4.69, 9.17) is 4.74 Å². The Hall–Kier alpha value is -4.56. The zero-order valence-corrected chi connectivity index (χ0v) is 20.1. The molecule has 0 amide bonds. The minimum Gasteiger partial charge on any atom is -0.491 e. The van der Waals surface area contributed by atoms with E-state index in [0.29, 0.717) is 12.3 Å². The first-order valence-electron chi connectivity index (χ1n) is 11.8. The van der Waals surface area contributed by atoms with Gasteiger partial charge < -0.3 is 14.6 Å². The molecule has 178 valence electrons. The van der Waals surface area contributed by atoms with E-state index in [1.807, 2.05) is 63.0 Å². The number of nitrogens with one attached hydrogen (secondary N) is 2. The van der Waals surface area contributed by atoms with Crippen LogP contribution in [-0.2, 0) is 0 Å². The standard InChI is InChI=1S/C28H25N7O/c1-35(2)10-11-36-20-12-18(15-29-17-20)19-13-23-27(33-34-28(23)31-16-19)26-14-22-21(6-5-8-25(22)32-26)24-7-3-4-9-30-24/h3-9,12-17,32H,10-11H2,1-2H3,(H,31,33,34). The molecule has 0 atom stereocenters. The largest absolute Gasteiger partial charge is 0.491 e. The first kappa shape index (κ1) is 21.9. The number of aromatic amines is 2. The fourth-order valence-electron chi connectivity index (χ4n) is 4.30. The number of aromatic nitrogens is 6. The van der Waals surface area contributed by atoms with Crippen molar-refractivity contribution in [1.29, 1.82) is 0 Å². The second-order valence-electron chi connectivity index (χ2n) is 8.92. The van der Waals surface area contributed by atoms with Gasteiger partial charge in [-0.2, -0.15) is 5.10 Å². The minimum atomic E-state index is 0.599. The van der Waals surface area contributed by atoms with Crippen molar-refractivity contribution < 1.29 is 4.74 Å². The van der Waals surface area contributed by atoms with E-state index < -0.39 is 0 Å². The molecule has 5 heterocycles. The van der Waals surface area contributed by atoms with Crippen LogP contribution in [0.1, 0.15) is 0 Å². The molecule has 0 aliphatic heterocycles. The maximum atomic E-state index is 5.87. The van der Waals surface area contributed by atoms with Gasteiger partial charge in [-0.3, -0.25) is 15.1 Å². The molecule has 0 radical (unpaired) electrons. The maximum absolute atomic E-state index is 5.87. The number of hydrogen-bond donors (Lipinski definition) is 2. The molecule has 0 unspecified atom stereocenters. The molecule has 0 spiro atoms. The van der Waals surface area contributed by atoms with Gasteiger partial charge in [0, 0.05) is 58.1 Å². The second kappa shape index (κ2) is 9.24. The molecule has 1 aromatic carbocycles. The van der Waals surface area contributed by atoms with Crippen molar-refractivity contribution >= 4 is 21.9 Å². The average Bonchev–Trinajstić information content (AvgIpc) is 3.53. The second-order valence-corrected chi connectivity index (χ2v) is 8.92. The molecule has 8 heteroatoms. The molecule has 36 heavy (non-hydrogen) atoms. The predicted octanol–water partition coefficient (Wildman–Crippen LogP) is 5.17. The van der Waals surface area contributed by atoms with E-state index in [-0.39, 0.29) is 0 Å². The summed E-state index contributed by atoms with van der Waals surface area (Å²) in [5.74, 6) is 0.736. The summed E-state index contributed by atoms with van der Waals surface area (Å²) in [6.45, 7) is 1.44. The molecule has 0 saturated heterocycles. The van der Waals surface area contributed by atoms with Crippen molar-refractivity contribution in [3.8, 4) is 39.5 Å². The summed E-state index contributed by atoms with van der Waals surface area (Å²) in [5.41, 5.74) is 7.41. The van der Waals surface area contributed by atoms with E-state index in [1.165, 1.54) is 0 Å². The first-order chi connectivity index (χ1) is 17.7. The average molecular weight is 476 g/mol. The van der Waals surface area contributed by atoms with Crippen LogP contribution < -0.4 is 4.74 Å². The van der Waals surface area contributed by atoms with Crippen LogP contribution in [0.15, 0.2) is 79.4 Å². The third kappa shape index (κ3) is 4.18. The van der Waals surface area contributed by atoms with Gasteiger partial charge >= 0.3 is 0 Å². The smallest absolute Gasteiger partial charge is 0.181 e. The summed E-state index contributed by atoms with van der Waals surface area (Å²) in [4.78, 5) is 19.1. The highest BCUT2D eigenvalue weighted by atomic mass is 16.5. The van der Waals surface area contributed by atoms with Gasteiger partial charge in [-0.15, -0.1) is 0 Å². The maximum Gasteiger partial charge on any atom is 0.181 e. The zero-order valence-electron chi connectivity index (χ0n) is 20.1. The number of rotatable bonds is 7.